The fraction of sp³-hybridized carbons (Fsp3) is 0.0175. The van der Waals surface area contributed by atoms with Gasteiger partial charge in [-0.2, -0.15) is 0 Å². The first-order valence-corrected chi connectivity index (χ1v) is 42.6. The lowest BCUT2D eigenvalue weighted by Gasteiger charge is -2.26. The number of thiophene rings is 2. The molecule has 0 saturated heterocycles. The number of nitrogens with one attached hydrogen (secondary N) is 1. The Morgan fingerprint density at radius 1 is 0.231 bits per heavy atom. The normalized spacial score (nSPS) is 11.4. The van der Waals surface area contributed by atoms with Crippen LogP contribution in [0.2, 0.25) is 0 Å². The molecule has 0 bridgehead atoms. The minimum absolute atomic E-state index is 0. The van der Waals surface area contributed by atoms with Crippen LogP contribution in [0.1, 0.15) is 14.9 Å². The Morgan fingerprint density at radius 2 is 0.603 bits per heavy atom. The molecule has 0 amide bonds. The molecule has 24 rings (SSSR count). The van der Waals surface area contributed by atoms with Crippen molar-refractivity contribution in [3.8, 4) is 66.8 Å². The summed E-state index contributed by atoms with van der Waals surface area (Å²) in [6, 6.07) is 152. The smallest absolute Gasteiger partial charge is 0.137 e. The summed E-state index contributed by atoms with van der Waals surface area (Å²) in [5, 5.41) is 23.3. The summed E-state index contributed by atoms with van der Waals surface area (Å²) < 4.78 is 19.2. The van der Waals surface area contributed by atoms with Crippen LogP contribution < -0.4 is 10.2 Å². The van der Waals surface area contributed by atoms with Crippen LogP contribution in [0.25, 0.3) is 194 Å². The fourth-order valence-corrected chi connectivity index (χ4v) is 20.2. The number of halogens is 1. The van der Waals surface area contributed by atoms with E-state index in [-0.39, 0.29) is 14.9 Å². The third-order valence-corrected chi connectivity index (χ3v) is 26.2. The lowest BCUT2D eigenvalue weighted by molar-refractivity contribution is 0.668. The monoisotopic (exact) mass is 1650 g/mol. The van der Waals surface area contributed by atoms with Crippen molar-refractivity contribution in [1.29, 1.82) is 0 Å². The zero-order valence-corrected chi connectivity index (χ0v) is 67.6. The molecule has 0 saturated carbocycles. The molecule has 1 N–H and O–H groups in total. The van der Waals surface area contributed by atoms with E-state index in [1.165, 1.54) is 139 Å². The van der Waals surface area contributed by atoms with Crippen molar-refractivity contribution < 1.29 is 8.83 Å². The van der Waals surface area contributed by atoms with E-state index in [9.17, 15) is 0 Å². The highest BCUT2D eigenvalue weighted by molar-refractivity contribution is 9.10. The van der Waals surface area contributed by atoms with Gasteiger partial charge in [-0.25, -0.2) is 0 Å². The van der Waals surface area contributed by atoms with Crippen LogP contribution in [0, 0.1) is 0 Å². The minimum atomic E-state index is 0. The highest BCUT2D eigenvalue weighted by atomic mass is 79.9. The van der Waals surface area contributed by atoms with E-state index in [0.29, 0.717) is 0 Å². The molecule has 20 aromatic carbocycles. The van der Waals surface area contributed by atoms with Crippen molar-refractivity contribution in [3.05, 3.63) is 429 Å². The van der Waals surface area contributed by atoms with Gasteiger partial charge in [-0.15, -0.1) is 22.7 Å². The summed E-state index contributed by atoms with van der Waals surface area (Å²) in [5.41, 5.74) is 23.6. The summed E-state index contributed by atoms with van der Waals surface area (Å²) in [6.45, 7) is 0. The quantitative estimate of drug-likeness (QED) is 0.140. The predicted molar refractivity (Wildman–Crippen MR) is 528 cm³/mol. The molecule has 0 unspecified atom stereocenters. The summed E-state index contributed by atoms with van der Waals surface area (Å²) in [6.07, 6.45) is 0. The molecule has 0 aliphatic heterocycles. The second kappa shape index (κ2) is 32.1. The summed E-state index contributed by atoms with van der Waals surface area (Å²) >= 11 is 7.23. The molecule has 0 spiro atoms. The molecule has 4 nitrogen and oxygen atoms in total. The SMILES string of the molecule is Brc1ccc2c(c1)oc1cc(-c3cccc4ccc(-c5ccccc5)cc34)ccc12.C.C.c1ccc(-c2ccc3cccc(-c4ccc5c(c4)oc4cc(N(c6ccc(-c7cccc8ccccc78)cc6)c6cccc7c6sc6ccccc67)ccc45)c3c2)cc1.c1ccc2c(-c3ccc(Nc4cccc5c4sc4ccccc45)cc3)cccc2c1. The first kappa shape index (κ1) is 75.3. The fourth-order valence-electron chi connectivity index (χ4n) is 17.5. The average molecular weight is 1650 g/mol. The van der Waals surface area contributed by atoms with Crippen molar-refractivity contribution in [1.82, 2.24) is 0 Å². The maximum absolute atomic E-state index is 6.81. The van der Waals surface area contributed by atoms with Gasteiger partial charge in [0.05, 0.1) is 20.8 Å². The standard InChI is InChI=1S/C56H35NOS.C28H17BrO.C28H19NS.2CH4/c1-2-11-36(12-3-1)40-24-23-38-15-9-19-46(51(38)33-40)41-27-31-47-48-32-30-43(35-54(48)58-53(47)34-41)57(52-21-10-20-50-49-17-6-7-22-55(49)59-56(50)52)42-28-25-39(26-29-42)45-18-8-14-37-13-4-5-16-44(37)45;29-22-12-14-25-24-13-11-21(16-27(24)30-28(25)17-22)23-8-4-7-19-9-10-20(15-26(19)23)18-5-2-1-3-6-18;1-2-9-22-19(7-1)8-5-11-23(22)20-15-17-21(18-16-20)29-26-13-6-12-25-24-10-3-4-14-27(24)30-28(25)26;;/h1-35H;1-17H;1-18,29H;2*1H4. The minimum Gasteiger partial charge on any atom is -0.456 e. The Hall–Kier alpha value is -14.4. The Balaban J connectivity index is 0.000000127. The predicted octanol–water partition coefficient (Wildman–Crippen LogP) is 35.5. The molecule has 121 heavy (non-hydrogen) atoms. The van der Waals surface area contributed by atoms with Gasteiger partial charge in [0.25, 0.3) is 0 Å². The van der Waals surface area contributed by atoms with Crippen molar-refractivity contribution in [2.75, 3.05) is 10.2 Å². The van der Waals surface area contributed by atoms with E-state index in [4.69, 9.17) is 8.83 Å². The molecule has 0 aliphatic rings. The van der Waals surface area contributed by atoms with Crippen LogP contribution in [0.15, 0.2) is 438 Å². The summed E-state index contributed by atoms with van der Waals surface area (Å²) in [7, 11) is 0. The lowest BCUT2D eigenvalue weighted by Crippen LogP contribution is -2.10. The Kier molecular flexibility index (Phi) is 20.0. The van der Waals surface area contributed by atoms with Crippen LogP contribution in [0.4, 0.5) is 28.4 Å². The van der Waals surface area contributed by atoms with Gasteiger partial charge in [0.1, 0.15) is 22.3 Å². The van der Waals surface area contributed by atoms with Gasteiger partial charge in [0.2, 0.25) is 0 Å². The molecule has 0 aliphatic carbocycles. The Labute approximate surface area is 718 Å². The van der Waals surface area contributed by atoms with Crippen LogP contribution in [0.3, 0.4) is 0 Å². The maximum atomic E-state index is 6.81. The number of furan rings is 2. The molecule has 576 valence electrons. The second-order valence-electron chi connectivity index (χ2n) is 30.3. The number of anilines is 5. The molecule has 0 atom stereocenters. The number of rotatable bonds is 11. The van der Waals surface area contributed by atoms with Crippen molar-refractivity contribution >= 4 is 194 Å². The molecule has 0 radical (unpaired) electrons. The van der Waals surface area contributed by atoms with Gasteiger partial charge in [0, 0.05) is 80.1 Å². The summed E-state index contributed by atoms with van der Waals surface area (Å²) in [5.74, 6) is 0. The largest absolute Gasteiger partial charge is 0.456 e. The molecule has 4 aromatic heterocycles. The Morgan fingerprint density at radius 3 is 1.14 bits per heavy atom. The van der Waals surface area contributed by atoms with Crippen LogP contribution in [-0.2, 0) is 0 Å². The van der Waals surface area contributed by atoms with Gasteiger partial charge in [-0.1, -0.05) is 334 Å². The first-order valence-electron chi connectivity index (χ1n) is 40.2. The third-order valence-electron chi connectivity index (χ3n) is 23.3. The van der Waals surface area contributed by atoms with Gasteiger partial charge in [0.15, 0.2) is 0 Å². The highest BCUT2D eigenvalue weighted by Crippen LogP contribution is 2.48. The molecular weight excluding hydrogens is 1570 g/mol. The molecule has 24 aromatic rings. The van der Waals surface area contributed by atoms with Crippen LogP contribution in [0.5, 0.6) is 0 Å². The Bertz CT molecular complexity index is 8030. The zero-order valence-electron chi connectivity index (χ0n) is 64.4. The first-order chi connectivity index (χ1) is 58.9. The third kappa shape index (κ3) is 14.1. The highest BCUT2D eigenvalue weighted by Gasteiger charge is 2.22. The number of hydrogen-bond donors (Lipinski definition) is 1. The summed E-state index contributed by atoms with van der Waals surface area (Å²) in [4.78, 5) is 2.39. The van der Waals surface area contributed by atoms with E-state index >= 15 is 0 Å². The topological polar surface area (TPSA) is 41.6 Å². The van der Waals surface area contributed by atoms with Crippen LogP contribution >= 0.6 is 38.6 Å². The lowest BCUT2D eigenvalue weighted by atomic mass is 9.94. The van der Waals surface area contributed by atoms with Crippen molar-refractivity contribution in [2.45, 2.75) is 14.9 Å². The van der Waals surface area contributed by atoms with E-state index in [2.05, 4.69) is 445 Å². The number of fused-ring (bicyclic) bond motifs is 16. The molecular formula is C114H79BrN2O2S2. The zero-order chi connectivity index (χ0) is 78.9. The van der Waals surface area contributed by atoms with E-state index in [1.54, 1.807) is 0 Å². The van der Waals surface area contributed by atoms with Gasteiger partial charge < -0.3 is 19.1 Å². The second-order valence-corrected chi connectivity index (χ2v) is 33.4. The number of benzene rings is 20. The molecule has 7 heteroatoms. The van der Waals surface area contributed by atoms with Crippen molar-refractivity contribution in [3.63, 3.8) is 0 Å². The number of nitrogens with zero attached hydrogens (tertiary/aromatic N) is 1. The van der Waals surface area contributed by atoms with Crippen LogP contribution in [-0.4, -0.2) is 0 Å². The maximum Gasteiger partial charge on any atom is 0.137 e. The average Bonchev–Trinajstić information content (AvgIpc) is 1.64. The van der Waals surface area contributed by atoms with Gasteiger partial charge in [-0.3, -0.25) is 0 Å². The van der Waals surface area contributed by atoms with Gasteiger partial charge in [-0.05, 0) is 225 Å². The molecule has 4 heterocycles. The van der Waals surface area contributed by atoms with Gasteiger partial charge >= 0.3 is 0 Å². The number of hydrogen-bond acceptors (Lipinski definition) is 6. The van der Waals surface area contributed by atoms with Crippen molar-refractivity contribution in [2.24, 2.45) is 0 Å². The van der Waals surface area contributed by atoms with E-state index in [0.717, 1.165) is 87.9 Å². The van der Waals surface area contributed by atoms with E-state index in [1.807, 2.05) is 28.7 Å². The van der Waals surface area contributed by atoms with E-state index < -0.39 is 0 Å². The molecule has 0 fully saturated rings.